The second-order valence-corrected chi connectivity index (χ2v) is 4.73. The Hall–Kier alpha value is -1.08. The third kappa shape index (κ3) is 5.69. The molecule has 1 N–H and O–H groups in total. The van der Waals surface area contributed by atoms with Gasteiger partial charge in [-0.05, 0) is 51.6 Å². The van der Waals surface area contributed by atoms with Gasteiger partial charge in [0.15, 0.2) is 0 Å². The van der Waals surface area contributed by atoms with Crippen molar-refractivity contribution in [1.29, 1.82) is 0 Å². The summed E-state index contributed by atoms with van der Waals surface area (Å²) < 4.78 is 0. The lowest BCUT2D eigenvalue weighted by Crippen LogP contribution is -2.25. The zero-order valence-corrected chi connectivity index (χ0v) is 11.2. The molecule has 0 aliphatic carbocycles. The summed E-state index contributed by atoms with van der Waals surface area (Å²) in [4.78, 5) is 0. The van der Waals surface area contributed by atoms with Crippen molar-refractivity contribution in [2.45, 2.75) is 45.1 Å². The molecule has 1 atom stereocenters. The maximum absolute atomic E-state index is 3.76. The summed E-state index contributed by atoms with van der Waals surface area (Å²) in [5.74, 6) is 0. The molecule has 0 aliphatic heterocycles. The van der Waals surface area contributed by atoms with Gasteiger partial charge >= 0.3 is 0 Å². The molecule has 0 saturated heterocycles. The highest BCUT2D eigenvalue weighted by molar-refractivity contribution is 5.21. The van der Waals surface area contributed by atoms with Crippen molar-refractivity contribution in [1.82, 2.24) is 5.32 Å². The molecule has 94 valence electrons. The normalized spacial score (nSPS) is 12.4. The van der Waals surface area contributed by atoms with Crippen molar-refractivity contribution >= 4 is 0 Å². The second kappa shape index (κ2) is 8.08. The van der Waals surface area contributed by atoms with Crippen LogP contribution in [0.25, 0.3) is 0 Å². The fraction of sp³-hybridized carbons (Fsp3) is 0.500. The van der Waals surface area contributed by atoms with Gasteiger partial charge < -0.3 is 5.32 Å². The molecule has 0 spiro atoms. The third-order valence-corrected chi connectivity index (χ3v) is 3.27. The molecule has 0 radical (unpaired) electrons. The molecule has 0 heterocycles. The molecule has 0 aliphatic rings. The van der Waals surface area contributed by atoms with Crippen LogP contribution in [-0.2, 0) is 6.42 Å². The monoisotopic (exact) mass is 231 g/mol. The van der Waals surface area contributed by atoms with Gasteiger partial charge in [0.2, 0.25) is 0 Å². The van der Waals surface area contributed by atoms with E-state index in [-0.39, 0.29) is 0 Å². The Morgan fingerprint density at radius 3 is 2.53 bits per heavy atom. The molecule has 1 rings (SSSR count). The van der Waals surface area contributed by atoms with Gasteiger partial charge in [0, 0.05) is 6.04 Å². The Bertz CT molecular complexity index is 313. The van der Waals surface area contributed by atoms with Crippen LogP contribution in [0.2, 0.25) is 0 Å². The molecule has 1 aromatic carbocycles. The van der Waals surface area contributed by atoms with Gasteiger partial charge in [-0.2, -0.15) is 0 Å². The summed E-state index contributed by atoms with van der Waals surface area (Å²) in [5, 5.41) is 3.41. The number of rotatable bonds is 8. The van der Waals surface area contributed by atoms with E-state index in [0.29, 0.717) is 6.04 Å². The smallest absolute Gasteiger partial charge is 0.00673 e. The first-order chi connectivity index (χ1) is 8.26. The van der Waals surface area contributed by atoms with Gasteiger partial charge in [-0.1, -0.05) is 35.9 Å². The molecule has 0 bridgehead atoms. The number of hydrogen-bond donors (Lipinski definition) is 1. The molecule has 0 amide bonds. The van der Waals surface area contributed by atoms with E-state index in [1.807, 2.05) is 6.08 Å². The van der Waals surface area contributed by atoms with Crippen molar-refractivity contribution in [2.24, 2.45) is 0 Å². The average Bonchev–Trinajstić information content (AvgIpc) is 2.35. The van der Waals surface area contributed by atoms with Crippen LogP contribution in [0.1, 0.15) is 36.8 Å². The Kier molecular flexibility index (Phi) is 6.64. The average molecular weight is 231 g/mol. The van der Waals surface area contributed by atoms with Crippen molar-refractivity contribution in [3.8, 4) is 0 Å². The molecule has 1 heteroatoms. The predicted molar refractivity (Wildman–Crippen MR) is 76.4 cm³/mol. The summed E-state index contributed by atoms with van der Waals surface area (Å²) in [5.41, 5.74) is 2.78. The summed E-state index contributed by atoms with van der Waals surface area (Å²) in [6.07, 6.45) is 8.00. The number of benzene rings is 1. The molecule has 1 unspecified atom stereocenters. The van der Waals surface area contributed by atoms with E-state index >= 15 is 0 Å². The van der Waals surface area contributed by atoms with Gasteiger partial charge in [0.1, 0.15) is 0 Å². The molecular formula is C16H25N. The molecule has 0 aromatic heterocycles. The Morgan fingerprint density at radius 2 is 1.94 bits per heavy atom. The zero-order valence-electron chi connectivity index (χ0n) is 11.2. The lowest BCUT2D eigenvalue weighted by atomic mass is 10.0. The van der Waals surface area contributed by atoms with Gasteiger partial charge in [-0.3, -0.25) is 0 Å². The predicted octanol–water partition coefficient (Wildman–Crippen LogP) is 3.87. The molecule has 1 nitrogen and oxygen atoms in total. The van der Waals surface area contributed by atoms with Crippen LogP contribution in [-0.4, -0.2) is 13.1 Å². The molecule has 1 aromatic rings. The highest BCUT2D eigenvalue weighted by atomic mass is 14.9. The van der Waals surface area contributed by atoms with Gasteiger partial charge in [0.05, 0.1) is 0 Å². The fourth-order valence-corrected chi connectivity index (χ4v) is 2.04. The summed E-state index contributed by atoms with van der Waals surface area (Å²) >= 11 is 0. The number of nitrogens with one attached hydrogen (secondary N) is 1. The topological polar surface area (TPSA) is 12.0 Å². The second-order valence-electron chi connectivity index (χ2n) is 4.73. The van der Waals surface area contributed by atoms with Crippen LogP contribution in [0.3, 0.4) is 0 Å². The van der Waals surface area contributed by atoms with Crippen LogP contribution >= 0.6 is 0 Å². The van der Waals surface area contributed by atoms with E-state index in [9.17, 15) is 0 Å². The van der Waals surface area contributed by atoms with Crippen molar-refractivity contribution in [3.63, 3.8) is 0 Å². The van der Waals surface area contributed by atoms with E-state index in [1.165, 1.54) is 36.8 Å². The standard InChI is InChI=1S/C16H25N/c1-4-5-6-7-16(17-3)13-12-15-10-8-14(2)9-11-15/h4,8-11,16-17H,1,5-7,12-13H2,2-3H3. The first-order valence-electron chi connectivity index (χ1n) is 6.60. The fourth-order valence-electron chi connectivity index (χ4n) is 2.04. The maximum Gasteiger partial charge on any atom is 0.00673 e. The number of hydrogen-bond acceptors (Lipinski definition) is 1. The number of allylic oxidation sites excluding steroid dienone is 1. The summed E-state index contributed by atoms with van der Waals surface area (Å²) in [7, 11) is 2.06. The highest BCUT2D eigenvalue weighted by Crippen LogP contribution is 2.11. The summed E-state index contributed by atoms with van der Waals surface area (Å²) in [6, 6.07) is 9.51. The molecule has 0 saturated carbocycles. The van der Waals surface area contributed by atoms with Crippen LogP contribution in [0.15, 0.2) is 36.9 Å². The highest BCUT2D eigenvalue weighted by Gasteiger charge is 2.05. The SMILES string of the molecule is C=CCCCC(CCc1ccc(C)cc1)NC. The minimum atomic E-state index is 0.635. The van der Waals surface area contributed by atoms with E-state index in [1.54, 1.807) is 0 Å². The zero-order chi connectivity index (χ0) is 12.5. The van der Waals surface area contributed by atoms with Crippen molar-refractivity contribution < 1.29 is 0 Å². The first kappa shape index (κ1) is 14.0. The Balaban J connectivity index is 2.31. The summed E-state index contributed by atoms with van der Waals surface area (Å²) in [6.45, 7) is 5.90. The largest absolute Gasteiger partial charge is 0.317 e. The molecular weight excluding hydrogens is 206 g/mol. The van der Waals surface area contributed by atoms with Crippen LogP contribution in [0.5, 0.6) is 0 Å². The van der Waals surface area contributed by atoms with Gasteiger partial charge in [0.25, 0.3) is 0 Å². The van der Waals surface area contributed by atoms with Gasteiger partial charge in [-0.15, -0.1) is 6.58 Å². The lowest BCUT2D eigenvalue weighted by molar-refractivity contribution is 0.476. The lowest BCUT2D eigenvalue weighted by Gasteiger charge is -2.15. The van der Waals surface area contributed by atoms with Crippen LogP contribution < -0.4 is 5.32 Å². The van der Waals surface area contributed by atoms with Crippen molar-refractivity contribution in [2.75, 3.05) is 7.05 Å². The molecule has 0 fully saturated rings. The van der Waals surface area contributed by atoms with Gasteiger partial charge in [-0.25, -0.2) is 0 Å². The van der Waals surface area contributed by atoms with Crippen molar-refractivity contribution in [3.05, 3.63) is 48.0 Å². The van der Waals surface area contributed by atoms with Crippen LogP contribution in [0, 0.1) is 6.92 Å². The van der Waals surface area contributed by atoms with E-state index < -0.39 is 0 Å². The number of unbranched alkanes of at least 4 members (excludes halogenated alkanes) is 1. The minimum Gasteiger partial charge on any atom is -0.317 e. The van der Waals surface area contributed by atoms with E-state index in [4.69, 9.17) is 0 Å². The quantitative estimate of drug-likeness (QED) is 0.529. The Morgan fingerprint density at radius 1 is 1.24 bits per heavy atom. The third-order valence-electron chi connectivity index (χ3n) is 3.27. The van der Waals surface area contributed by atoms with E-state index in [2.05, 4.69) is 50.1 Å². The van der Waals surface area contributed by atoms with Crippen LogP contribution in [0.4, 0.5) is 0 Å². The minimum absolute atomic E-state index is 0.635. The Labute approximate surface area is 106 Å². The first-order valence-corrected chi connectivity index (χ1v) is 6.60. The number of aryl methyl sites for hydroxylation is 2. The maximum atomic E-state index is 3.76. The molecule has 17 heavy (non-hydrogen) atoms. The van der Waals surface area contributed by atoms with E-state index in [0.717, 1.165) is 6.42 Å².